The fourth-order valence-corrected chi connectivity index (χ4v) is 1.42. The topological polar surface area (TPSA) is 108 Å². The fourth-order valence-electron chi connectivity index (χ4n) is 0.813. The van der Waals surface area contributed by atoms with E-state index in [1.165, 1.54) is 18.2 Å². The first kappa shape index (κ1) is 13.5. The summed E-state index contributed by atoms with van der Waals surface area (Å²) in [5.74, 6) is 4.73. The van der Waals surface area contributed by atoms with Gasteiger partial charge in [-0.1, -0.05) is 17.4 Å². The van der Waals surface area contributed by atoms with Crippen molar-refractivity contribution in [3.63, 3.8) is 0 Å². The summed E-state index contributed by atoms with van der Waals surface area (Å²) in [7, 11) is -4.51. The van der Waals surface area contributed by atoms with Gasteiger partial charge < -0.3 is 10.4 Å². The predicted molar refractivity (Wildman–Crippen MR) is 43.1 cm³/mol. The zero-order valence-electron chi connectivity index (χ0n) is 7.41. The van der Waals surface area contributed by atoms with Gasteiger partial charge in [-0.15, -0.1) is 5.11 Å². The molecule has 0 unspecified atom stereocenters. The molecule has 8 heteroatoms. The molecule has 1 aromatic carbocycles. The Morgan fingerprint density at radius 1 is 1.29 bits per heavy atom. The van der Waals surface area contributed by atoms with Crippen LogP contribution >= 0.6 is 0 Å². The van der Waals surface area contributed by atoms with Crippen LogP contribution in [0.4, 0.5) is 5.69 Å². The molecular formula is C6H6N3NaO3S. The van der Waals surface area contributed by atoms with Crippen LogP contribution in [0.3, 0.4) is 0 Å². The van der Waals surface area contributed by atoms with Gasteiger partial charge >= 0.3 is 29.6 Å². The van der Waals surface area contributed by atoms with Gasteiger partial charge in [-0.3, -0.25) is 0 Å². The summed E-state index contributed by atoms with van der Waals surface area (Å²) in [4.78, 5) is -0.427. The molecule has 0 aliphatic rings. The van der Waals surface area contributed by atoms with Crippen molar-refractivity contribution in [1.82, 2.24) is 0 Å². The maximum Gasteiger partial charge on any atom is 1.00 e. The van der Waals surface area contributed by atoms with Gasteiger partial charge in [-0.2, -0.15) is 0 Å². The Morgan fingerprint density at radius 3 is 2.36 bits per heavy atom. The molecule has 0 atom stereocenters. The number of benzene rings is 1. The fraction of sp³-hybridized carbons (Fsp3) is 0. The van der Waals surface area contributed by atoms with Crippen molar-refractivity contribution in [3.8, 4) is 0 Å². The molecule has 0 saturated heterocycles. The Labute approximate surface area is 103 Å². The third kappa shape index (κ3) is 3.35. The maximum atomic E-state index is 10.6. The molecule has 0 saturated carbocycles. The van der Waals surface area contributed by atoms with Gasteiger partial charge in [0.15, 0.2) is 0 Å². The first-order valence-corrected chi connectivity index (χ1v) is 4.62. The Morgan fingerprint density at radius 2 is 1.86 bits per heavy atom. The van der Waals surface area contributed by atoms with Gasteiger partial charge in [-0.05, 0) is 12.1 Å². The monoisotopic (exact) mass is 223 g/mol. The third-order valence-corrected chi connectivity index (χ3v) is 2.18. The van der Waals surface area contributed by atoms with E-state index in [1.54, 1.807) is 0 Å². The van der Waals surface area contributed by atoms with E-state index in [0.717, 1.165) is 6.07 Å². The Bertz CT molecular complexity index is 432. The van der Waals surface area contributed by atoms with Crippen LogP contribution in [0.1, 0.15) is 0 Å². The van der Waals surface area contributed by atoms with E-state index in [-0.39, 0.29) is 35.2 Å². The maximum absolute atomic E-state index is 10.6. The molecule has 6 nitrogen and oxygen atoms in total. The molecule has 0 spiro atoms. The molecule has 70 valence electrons. The van der Waals surface area contributed by atoms with Gasteiger partial charge in [0.05, 0.1) is 4.90 Å². The molecule has 1 aromatic rings. The molecule has 14 heavy (non-hydrogen) atoms. The van der Waals surface area contributed by atoms with Crippen LogP contribution in [-0.2, 0) is 10.1 Å². The number of nitrogens with zero attached hydrogens (tertiary/aromatic N) is 2. The summed E-state index contributed by atoms with van der Waals surface area (Å²) in [6.45, 7) is 0. The van der Waals surface area contributed by atoms with Crippen LogP contribution in [0.25, 0.3) is 0 Å². The van der Waals surface area contributed by atoms with E-state index < -0.39 is 15.0 Å². The summed E-state index contributed by atoms with van der Waals surface area (Å²) in [5.41, 5.74) is -0.0556. The summed E-state index contributed by atoms with van der Waals surface area (Å²) >= 11 is 0. The minimum Gasteiger partial charge on any atom is -0.744 e. The molecule has 0 heterocycles. The minimum atomic E-state index is -4.51. The zero-order valence-corrected chi connectivity index (χ0v) is 10.2. The Kier molecular flexibility index (Phi) is 5.24. The van der Waals surface area contributed by atoms with Crippen LogP contribution < -0.4 is 35.4 Å². The molecule has 0 aliphatic heterocycles. The quantitative estimate of drug-likeness (QED) is 0.197. The molecule has 0 radical (unpaired) electrons. The molecular weight excluding hydrogens is 217 g/mol. The van der Waals surface area contributed by atoms with E-state index in [1.807, 2.05) is 0 Å². The summed E-state index contributed by atoms with van der Waals surface area (Å²) in [5, 5.41) is 6.20. The molecule has 0 aliphatic carbocycles. The van der Waals surface area contributed by atoms with E-state index in [2.05, 4.69) is 10.3 Å². The third-order valence-electron chi connectivity index (χ3n) is 1.30. The molecule has 0 aromatic heterocycles. The number of rotatable bonds is 2. The second-order valence-electron chi connectivity index (χ2n) is 2.14. The van der Waals surface area contributed by atoms with E-state index in [9.17, 15) is 13.0 Å². The summed E-state index contributed by atoms with van der Waals surface area (Å²) < 4.78 is 31.9. The predicted octanol–water partition coefficient (Wildman–Crippen LogP) is -2.45. The van der Waals surface area contributed by atoms with Crippen LogP contribution in [-0.4, -0.2) is 13.0 Å². The second kappa shape index (κ2) is 5.42. The minimum absolute atomic E-state index is 0. The zero-order chi connectivity index (χ0) is 9.90. The molecule has 2 N–H and O–H groups in total. The van der Waals surface area contributed by atoms with Gasteiger partial charge in [-0.25, -0.2) is 8.42 Å². The first-order valence-electron chi connectivity index (χ1n) is 3.21. The molecule has 0 fully saturated rings. The van der Waals surface area contributed by atoms with Crippen molar-refractivity contribution in [2.45, 2.75) is 4.90 Å². The van der Waals surface area contributed by atoms with E-state index in [0.29, 0.717) is 0 Å². The van der Waals surface area contributed by atoms with Crippen molar-refractivity contribution in [2.75, 3.05) is 0 Å². The normalized spacial score (nSPS) is 11.2. The van der Waals surface area contributed by atoms with Crippen LogP contribution in [0.2, 0.25) is 0 Å². The standard InChI is InChI=1S/C6H7N3O3S.Na/c7-9-8-5-3-1-2-4-6(5)13(10,11)12;/h1-4H,(H2,7,8)(H,10,11,12);/q;+1/p-1. The number of nitrogens with two attached hydrogens (primary N) is 1. The van der Waals surface area contributed by atoms with Gasteiger partial charge in [0.2, 0.25) is 0 Å². The SMILES string of the molecule is NN=Nc1ccccc1S(=O)(=O)[O-].[Na+]. The van der Waals surface area contributed by atoms with Gasteiger partial charge in [0.25, 0.3) is 0 Å². The first-order chi connectivity index (χ1) is 6.05. The summed E-state index contributed by atoms with van der Waals surface area (Å²) in [6.07, 6.45) is 0. The van der Waals surface area contributed by atoms with Crippen LogP contribution in [0.15, 0.2) is 39.5 Å². The largest absolute Gasteiger partial charge is 1.00 e. The Hall–Kier alpha value is -0.470. The van der Waals surface area contributed by atoms with Gasteiger partial charge in [0.1, 0.15) is 15.8 Å². The van der Waals surface area contributed by atoms with E-state index >= 15 is 0 Å². The van der Waals surface area contributed by atoms with Crippen molar-refractivity contribution >= 4 is 15.8 Å². The van der Waals surface area contributed by atoms with Gasteiger partial charge in [0, 0.05) is 0 Å². The van der Waals surface area contributed by atoms with Crippen LogP contribution in [0, 0.1) is 0 Å². The van der Waals surface area contributed by atoms with Crippen molar-refractivity contribution in [2.24, 2.45) is 16.2 Å². The van der Waals surface area contributed by atoms with E-state index in [4.69, 9.17) is 5.84 Å². The number of hydrogen-bond donors (Lipinski definition) is 1. The molecule has 0 bridgehead atoms. The van der Waals surface area contributed by atoms with Crippen molar-refractivity contribution < 1.29 is 42.5 Å². The molecule has 0 amide bonds. The summed E-state index contributed by atoms with van der Waals surface area (Å²) in [6, 6.07) is 5.42. The Balaban J connectivity index is 0.00000169. The van der Waals surface area contributed by atoms with Crippen molar-refractivity contribution in [3.05, 3.63) is 24.3 Å². The second-order valence-corrected chi connectivity index (χ2v) is 3.49. The smallest absolute Gasteiger partial charge is 0.744 e. The van der Waals surface area contributed by atoms with Crippen molar-refractivity contribution in [1.29, 1.82) is 0 Å². The van der Waals surface area contributed by atoms with Crippen LogP contribution in [0.5, 0.6) is 0 Å². The average molecular weight is 223 g/mol. The average Bonchev–Trinajstić information content (AvgIpc) is 2.04. The molecule has 1 rings (SSSR count). The number of hydrogen-bond acceptors (Lipinski definition) is 5.